The van der Waals surface area contributed by atoms with Gasteiger partial charge in [-0.2, -0.15) is 11.3 Å². The zero-order valence-corrected chi connectivity index (χ0v) is 16.2. The van der Waals surface area contributed by atoms with E-state index in [1.807, 2.05) is 16.8 Å². The van der Waals surface area contributed by atoms with Crippen LogP contribution in [0.15, 0.2) is 16.8 Å². The Morgan fingerprint density at radius 3 is 2.81 bits per heavy atom. The van der Waals surface area contributed by atoms with Gasteiger partial charge in [0.25, 0.3) is 0 Å². The predicted molar refractivity (Wildman–Crippen MR) is 101 cm³/mol. The van der Waals surface area contributed by atoms with Crippen molar-refractivity contribution in [1.82, 2.24) is 15.1 Å². The lowest BCUT2D eigenvalue weighted by molar-refractivity contribution is -0.142. The average Bonchev–Trinajstić information content (AvgIpc) is 3.27. The maximum atomic E-state index is 12.6. The number of anilines is 1. The number of nitrogens with one attached hydrogen (secondary N) is 1. The lowest BCUT2D eigenvalue weighted by Crippen LogP contribution is -2.67. The summed E-state index contributed by atoms with van der Waals surface area (Å²) < 4.78 is 0. The van der Waals surface area contributed by atoms with Crippen LogP contribution in [0.5, 0.6) is 0 Å². The zero-order chi connectivity index (χ0) is 18.7. The highest BCUT2D eigenvalue weighted by Crippen LogP contribution is 2.35. The van der Waals surface area contributed by atoms with Gasteiger partial charge in [-0.3, -0.25) is 9.59 Å². The molecular weight excluding hydrogens is 352 g/mol. The third-order valence-corrected chi connectivity index (χ3v) is 5.91. The van der Waals surface area contributed by atoms with Gasteiger partial charge in [0.05, 0.1) is 17.8 Å². The normalized spacial score (nSPS) is 23.0. The van der Waals surface area contributed by atoms with Crippen LogP contribution < -0.4 is 10.2 Å². The van der Waals surface area contributed by atoms with E-state index in [0.29, 0.717) is 32.6 Å². The molecule has 26 heavy (non-hydrogen) atoms. The fraction of sp³-hybridized carbons (Fsp3) is 0.611. The minimum Gasteiger partial charge on any atom is -0.338 e. The molecule has 2 aliphatic heterocycles. The van der Waals surface area contributed by atoms with Gasteiger partial charge in [0, 0.05) is 31.9 Å². The number of carbonyl (C=O) groups excluding carboxylic acids is 3. The van der Waals surface area contributed by atoms with E-state index in [-0.39, 0.29) is 24.4 Å². The van der Waals surface area contributed by atoms with Crippen molar-refractivity contribution in [3.63, 3.8) is 0 Å². The van der Waals surface area contributed by atoms with Crippen molar-refractivity contribution in [3.8, 4) is 0 Å². The van der Waals surface area contributed by atoms with Crippen molar-refractivity contribution in [2.45, 2.75) is 38.6 Å². The first-order valence-corrected chi connectivity index (χ1v) is 10.0. The van der Waals surface area contributed by atoms with E-state index in [4.69, 9.17) is 0 Å². The smallest absolute Gasteiger partial charge is 0.317 e. The van der Waals surface area contributed by atoms with Gasteiger partial charge in [0.2, 0.25) is 11.8 Å². The molecule has 1 aromatic rings. The minimum atomic E-state index is -0.510. The quantitative estimate of drug-likeness (QED) is 0.814. The second-order valence-electron chi connectivity index (χ2n) is 7.05. The van der Waals surface area contributed by atoms with Crippen molar-refractivity contribution in [3.05, 3.63) is 16.8 Å². The van der Waals surface area contributed by atoms with E-state index in [1.165, 1.54) is 6.92 Å². The minimum absolute atomic E-state index is 0.0659. The van der Waals surface area contributed by atoms with Crippen LogP contribution in [0.3, 0.4) is 0 Å². The van der Waals surface area contributed by atoms with Gasteiger partial charge in [0.15, 0.2) is 0 Å². The maximum Gasteiger partial charge on any atom is 0.317 e. The first-order chi connectivity index (χ1) is 12.5. The number of hydrogen-bond acceptors (Lipinski definition) is 4. The lowest BCUT2D eigenvalue weighted by atomic mass is 9.92. The molecule has 4 amide bonds. The Bertz CT molecular complexity index is 678. The van der Waals surface area contributed by atoms with Gasteiger partial charge < -0.3 is 20.0 Å². The van der Waals surface area contributed by atoms with E-state index < -0.39 is 5.54 Å². The molecule has 3 heterocycles. The van der Waals surface area contributed by atoms with E-state index in [1.54, 1.807) is 26.0 Å². The van der Waals surface area contributed by atoms with E-state index in [9.17, 15) is 14.4 Å². The molecule has 8 heteroatoms. The molecule has 3 rings (SSSR count). The Morgan fingerprint density at radius 1 is 1.35 bits per heavy atom. The number of nitrogens with zero attached hydrogens (tertiary/aromatic N) is 3. The molecule has 2 aliphatic rings. The molecule has 0 aliphatic carbocycles. The van der Waals surface area contributed by atoms with Gasteiger partial charge in [0.1, 0.15) is 6.54 Å². The van der Waals surface area contributed by atoms with Crippen LogP contribution in [0.1, 0.15) is 33.1 Å². The molecule has 1 spiro atoms. The van der Waals surface area contributed by atoms with Crippen LogP contribution in [0.2, 0.25) is 0 Å². The number of hydrogen-bond donors (Lipinski definition) is 1. The summed E-state index contributed by atoms with van der Waals surface area (Å²) in [7, 11) is 0. The molecule has 1 atom stereocenters. The molecule has 1 unspecified atom stereocenters. The topological polar surface area (TPSA) is 73.0 Å². The van der Waals surface area contributed by atoms with Gasteiger partial charge in [-0.15, -0.1) is 0 Å². The SMILES string of the molecule is CCCCNC(=O)N1CCC2(C1)CN(c1ccsc1)C(=O)CN2C(C)=O. The Morgan fingerprint density at radius 2 is 2.15 bits per heavy atom. The van der Waals surface area contributed by atoms with Crippen molar-refractivity contribution >= 4 is 34.9 Å². The first kappa shape index (κ1) is 18.7. The Labute approximate surface area is 157 Å². The monoisotopic (exact) mass is 378 g/mol. The van der Waals surface area contributed by atoms with Crippen LogP contribution in [0.4, 0.5) is 10.5 Å². The molecule has 0 aromatic carbocycles. The molecule has 2 saturated heterocycles. The Balaban J connectivity index is 1.77. The number of unbranched alkanes of at least 4 members (excludes halogenated alkanes) is 1. The number of piperazine rings is 1. The van der Waals surface area contributed by atoms with Crippen LogP contribution in [-0.4, -0.2) is 65.9 Å². The highest BCUT2D eigenvalue weighted by atomic mass is 32.1. The summed E-state index contributed by atoms with van der Waals surface area (Å²) in [6.07, 6.45) is 2.66. The first-order valence-electron chi connectivity index (χ1n) is 9.10. The van der Waals surface area contributed by atoms with Crippen LogP contribution in [0, 0.1) is 0 Å². The summed E-state index contributed by atoms with van der Waals surface area (Å²) in [5, 5.41) is 6.83. The number of amides is 4. The molecule has 0 radical (unpaired) electrons. The number of thiophene rings is 1. The predicted octanol–water partition coefficient (Wildman–Crippen LogP) is 1.90. The standard InChI is InChI=1S/C18H26N4O3S/c1-3-4-7-19-17(25)20-8-6-18(12-20)13-21(15-5-9-26-11-15)16(24)10-22(18)14(2)23/h5,9,11H,3-4,6-8,10,12-13H2,1-2H3,(H,19,25). The summed E-state index contributed by atoms with van der Waals surface area (Å²) in [6, 6.07) is 1.84. The molecule has 142 valence electrons. The van der Waals surface area contributed by atoms with Crippen LogP contribution in [0.25, 0.3) is 0 Å². The fourth-order valence-corrected chi connectivity index (χ4v) is 4.45. The highest BCUT2D eigenvalue weighted by Gasteiger charge is 2.51. The van der Waals surface area contributed by atoms with Crippen molar-refractivity contribution in [1.29, 1.82) is 0 Å². The third kappa shape index (κ3) is 3.56. The zero-order valence-electron chi connectivity index (χ0n) is 15.4. The average molecular weight is 378 g/mol. The maximum absolute atomic E-state index is 12.6. The molecule has 7 nitrogen and oxygen atoms in total. The summed E-state index contributed by atoms with van der Waals surface area (Å²) in [5.41, 5.74) is 0.359. The van der Waals surface area contributed by atoms with E-state index in [2.05, 4.69) is 12.2 Å². The van der Waals surface area contributed by atoms with Gasteiger partial charge in [-0.05, 0) is 24.3 Å². The molecule has 2 fully saturated rings. The van der Waals surface area contributed by atoms with E-state index in [0.717, 1.165) is 18.5 Å². The van der Waals surface area contributed by atoms with Crippen molar-refractivity contribution in [2.24, 2.45) is 0 Å². The van der Waals surface area contributed by atoms with Crippen LogP contribution >= 0.6 is 11.3 Å². The third-order valence-electron chi connectivity index (χ3n) is 5.24. The molecule has 1 aromatic heterocycles. The second kappa shape index (κ2) is 7.65. The number of rotatable bonds is 4. The van der Waals surface area contributed by atoms with Crippen LogP contribution in [-0.2, 0) is 9.59 Å². The molecule has 0 bridgehead atoms. The largest absolute Gasteiger partial charge is 0.338 e. The lowest BCUT2D eigenvalue weighted by Gasteiger charge is -2.47. The number of likely N-dealkylation sites (tertiary alicyclic amines) is 1. The molecule has 0 saturated carbocycles. The summed E-state index contributed by atoms with van der Waals surface area (Å²) in [4.78, 5) is 42.4. The molecule has 1 N–H and O–H groups in total. The number of carbonyl (C=O) groups is 3. The van der Waals surface area contributed by atoms with Crippen molar-refractivity contribution < 1.29 is 14.4 Å². The Hall–Kier alpha value is -2.09. The summed E-state index contributed by atoms with van der Waals surface area (Å²) >= 11 is 1.54. The summed E-state index contributed by atoms with van der Waals surface area (Å²) in [5.74, 6) is -0.188. The van der Waals surface area contributed by atoms with Gasteiger partial charge in [-0.1, -0.05) is 13.3 Å². The number of urea groups is 1. The van der Waals surface area contributed by atoms with Gasteiger partial charge >= 0.3 is 6.03 Å². The second-order valence-corrected chi connectivity index (χ2v) is 7.83. The van der Waals surface area contributed by atoms with Gasteiger partial charge in [-0.25, -0.2) is 4.79 Å². The van der Waals surface area contributed by atoms with Crippen molar-refractivity contribution in [2.75, 3.05) is 37.6 Å². The van der Waals surface area contributed by atoms with E-state index >= 15 is 0 Å². The summed E-state index contributed by atoms with van der Waals surface area (Å²) in [6.45, 7) is 5.79. The molecular formula is C18H26N4O3S. The fourth-order valence-electron chi connectivity index (χ4n) is 3.81. The Kier molecular flexibility index (Phi) is 5.50. The highest BCUT2D eigenvalue weighted by molar-refractivity contribution is 7.08.